The Bertz CT molecular complexity index is 1240. The van der Waals surface area contributed by atoms with E-state index in [2.05, 4.69) is 20.6 Å². The van der Waals surface area contributed by atoms with Crippen LogP contribution in [0.3, 0.4) is 0 Å². The highest BCUT2D eigenvalue weighted by atomic mass is 19.1. The first-order valence-electron chi connectivity index (χ1n) is 9.83. The highest BCUT2D eigenvalue weighted by Crippen LogP contribution is 2.25. The van der Waals surface area contributed by atoms with E-state index in [1.165, 1.54) is 32.4 Å². The third kappa shape index (κ3) is 5.29. The molecule has 0 spiro atoms. The number of carbonyl (C=O) groups excluding carboxylic acids is 4. The predicted molar refractivity (Wildman–Crippen MR) is 118 cm³/mol. The summed E-state index contributed by atoms with van der Waals surface area (Å²) in [6, 6.07) is 8.29. The first-order chi connectivity index (χ1) is 15.7. The highest BCUT2D eigenvalue weighted by molar-refractivity contribution is 6.07. The van der Waals surface area contributed by atoms with Gasteiger partial charge in [-0.25, -0.2) is 9.18 Å². The van der Waals surface area contributed by atoms with Gasteiger partial charge in [-0.05, 0) is 42.8 Å². The number of H-pyrrole nitrogens is 1. The van der Waals surface area contributed by atoms with Gasteiger partial charge in [0.25, 0.3) is 5.91 Å². The Morgan fingerprint density at radius 2 is 1.85 bits per heavy atom. The molecule has 0 atom stereocenters. The van der Waals surface area contributed by atoms with Crippen molar-refractivity contribution < 1.29 is 28.3 Å². The molecule has 3 rings (SSSR count). The van der Waals surface area contributed by atoms with Gasteiger partial charge in [-0.15, -0.1) is 0 Å². The number of benzene rings is 1. The Kier molecular flexibility index (Phi) is 6.97. The average molecular weight is 452 g/mol. The fourth-order valence-electron chi connectivity index (χ4n) is 3.29. The van der Waals surface area contributed by atoms with Crippen LogP contribution in [0.5, 0.6) is 0 Å². The molecule has 10 heteroatoms. The Morgan fingerprint density at radius 3 is 2.48 bits per heavy atom. The number of hydrogen-bond acceptors (Lipinski definition) is 6. The van der Waals surface area contributed by atoms with E-state index >= 15 is 0 Å². The van der Waals surface area contributed by atoms with Crippen LogP contribution >= 0.6 is 0 Å². The predicted octanol–water partition coefficient (Wildman–Crippen LogP) is 3.28. The molecule has 0 fully saturated rings. The zero-order valence-corrected chi connectivity index (χ0v) is 18.1. The summed E-state index contributed by atoms with van der Waals surface area (Å²) in [5.74, 6) is -2.81. The summed E-state index contributed by atoms with van der Waals surface area (Å²) < 4.78 is 18.6. The molecule has 9 nitrogen and oxygen atoms in total. The van der Waals surface area contributed by atoms with E-state index < -0.39 is 23.6 Å². The fourth-order valence-corrected chi connectivity index (χ4v) is 3.29. The van der Waals surface area contributed by atoms with Crippen molar-refractivity contribution in [1.82, 2.24) is 9.97 Å². The molecule has 3 aromatic rings. The number of ether oxygens (including phenoxy) is 1. The molecule has 0 aliphatic heterocycles. The number of anilines is 2. The molecule has 170 valence electrons. The molecule has 0 bridgehead atoms. The minimum Gasteiger partial charge on any atom is -0.465 e. The van der Waals surface area contributed by atoms with Crippen LogP contribution in [0.4, 0.5) is 15.8 Å². The van der Waals surface area contributed by atoms with Crippen molar-refractivity contribution >= 4 is 34.9 Å². The van der Waals surface area contributed by atoms with Crippen molar-refractivity contribution in [3.63, 3.8) is 0 Å². The van der Waals surface area contributed by atoms with E-state index in [0.29, 0.717) is 5.56 Å². The summed E-state index contributed by atoms with van der Waals surface area (Å²) in [5.41, 5.74) is 1.12. The zero-order chi connectivity index (χ0) is 24.1. The Balaban J connectivity index is 1.85. The number of methoxy groups -OCH3 is 1. The monoisotopic (exact) mass is 452 g/mol. The van der Waals surface area contributed by atoms with Gasteiger partial charge in [0.15, 0.2) is 5.78 Å². The van der Waals surface area contributed by atoms with Crippen LogP contribution in [0.15, 0.2) is 42.6 Å². The van der Waals surface area contributed by atoms with Crippen molar-refractivity contribution in [2.45, 2.75) is 20.3 Å². The molecular formula is C23H21FN4O5. The van der Waals surface area contributed by atoms with Gasteiger partial charge in [-0.1, -0.05) is 6.07 Å². The lowest BCUT2D eigenvalue weighted by molar-refractivity contribution is -0.115. The third-order valence-corrected chi connectivity index (χ3v) is 4.81. The number of aromatic nitrogens is 2. The molecule has 33 heavy (non-hydrogen) atoms. The molecule has 0 aliphatic rings. The smallest absolute Gasteiger partial charge is 0.339 e. The van der Waals surface area contributed by atoms with Crippen LogP contribution in [0.1, 0.15) is 49.5 Å². The largest absolute Gasteiger partial charge is 0.465 e. The van der Waals surface area contributed by atoms with E-state index in [-0.39, 0.29) is 46.2 Å². The van der Waals surface area contributed by atoms with Crippen molar-refractivity contribution in [2.24, 2.45) is 0 Å². The average Bonchev–Trinajstić information content (AvgIpc) is 3.11. The van der Waals surface area contributed by atoms with E-state index in [4.69, 9.17) is 4.74 Å². The number of amides is 2. The Morgan fingerprint density at radius 1 is 1.09 bits per heavy atom. The zero-order valence-electron chi connectivity index (χ0n) is 18.1. The molecule has 3 N–H and O–H groups in total. The quantitative estimate of drug-likeness (QED) is 0.373. The van der Waals surface area contributed by atoms with Crippen LogP contribution in [-0.2, 0) is 16.0 Å². The van der Waals surface area contributed by atoms with E-state index in [0.717, 1.165) is 12.1 Å². The van der Waals surface area contributed by atoms with Gasteiger partial charge >= 0.3 is 5.97 Å². The maximum atomic E-state index is 13.9. The molecule has 0 saturated heterocycles. The van der Waals surface area contributed by atoms with Crippen LogP contribution in [0.25, 0.3) is 0 Å². The molecule has 0 radical (unpaired) electrons. The summed E-state index contributed by atoms with van der Waals surface area (Å²) in [4.78, 5) is 56.0. The number of ketones is 1. The SMILES string of the molecule is COC(=O)c1c(CC(=O)Nc2cc(F)ccc2NC(=O)c2ccccn2)[nH]c(C(C)=O)c1C. The summed E-state index contributed by atoms with van der Waals surface area (Å²) in [5, 5.41) is 5.11. The summed E-state index contributed by atoms with van der Waals surface area (Å²) in [7, 11) is 1.19. The molecule has 0 unspecified atom stereocenters. The number of rotatable bonds is 7. The number of aromatic amines is 1. The molecular weight excluding hydrogens is 431 g/mol. The minimum atomic E-state index is -0.701. The fraction of sp³-hybridized carbons (Fsp3) is 0.174. The van der Waals surface area contributed by atoms with Crippen molar-refractivity contribution in [3.8, 4) is 0 Å². The van der Waals surface area contributed by atoms with Crippen molar-refractivity contribution in [3.05, 3.63) is 76.6 Å². The van der Waals surface area contributed by atoms with E-state index in [9.17, 15) is 23.6 Å². The topological polar surface area (TPSA) is 130 Å². The number of esters is 1. The van der Waals surface area contributed by atoms with Crippen LogP contribution in [0.2, 0.25) is 0 Å². The molecule has 0 saturated carbocycles. The van der Waals surface area contributed by atoms with E-state index in [1.54, 1.807) is 19.1 Å². The maximum absolute atomic E-state index is 13.9. The number of carbonyl (C=O) groups is 4. The molecule has 2 aromatic heterocycles. The number of pyridine rings is 1. The Hall–Kier alpha value is -4.34. The lowest BCUT2D eigenvalue weighted by atomic mass is 10.1. The van der Waals surface area contributed by atoms with Gasteiger partial charge in [0, 0.05) is 18.8 Å². The summed E-state index contributed by atoms with van der Waals surface area (Å²) >= 11 is 0. The number of hydrogen-bond donors (Lipinski definition) is 3. The number of halogens is 1. The van der Waals surface area contributed by atoms with Gasteiger partial charge < -0.3 is 20.4 Å². The normalized spacial score (nSPS) is 10.4. The first kappa shape index (κ1) is 23.3. The van der Waals surface area contributed by atoms with Gasteiger partial charge in [0.2, 0.25) is 5.91 Å². The summed E-state index contributed by atoms with van der Waals surface area (Å²) in [6.45, 7) is 2.89. The van der Waals surface area contributed by atoms with Crippen molar-refractivity contribution in [1.29, 1.82) is 0 Å². The van der Waals surface area contributed by atoms with Gasteiger partial charge in [-0.3, -0.25) is 19.4 Å². The van der Waals surface area contributed by atoms with Crippen LogP contribution in [-0.4, -0.2) is 40.6 Å². The highest BCUT2D eigenvalue weighted by Gasteiger charge is 2.24. The molecule has 2 heterocycles. The molecule has 1 aromatic carbocycles. The summed E-state index contributed by atoms with van der Waals surface area (Å²) in [6.07, 6.45) is 1.12. The standard InChI is InChI=1S/C23H21FN4O5/c1-12-20(23(32)33-3)18(27-21(12)13(2)29)11-19(30)26-17-10-14(24)7-8-15(17)28-22(31)16-6-4-5-9-25-16/h4-10,27H,11H2,1-3H3,(H,26,30)(H,28,31). The Labute approximate surface area is 188 Å². The lowest BCUT2D eigenvalue weighted by Crippen LogP contribution is -2.20. The van der Waals surface area contributed by atoms with Crippen molar-refractivity contribution in [2.75, 3.05) is 17.7 Å². The third-order valence-electron chi connectivity index (χ3n) is 4.81. The minimum absolute atomic E-state index is 0.0129. The van der Waals surface area contributed by atoms with Gasteiger partial charge in [-0.2, -0.15) is 0 Å². The van der Waals surface area contributed by atoms with Crippen LogP contribution in [0, 0.1) is 12.7 Å². The molecule has 2 amide bonds. The lowest BCUT2D eigenvalue weighted by Gasteiger charge is -2.12. The van der Waals surface area contributed by atoms with Crippen LogP contribution < -0.4 is 10.6 Å². The second kappa shape index (κ2) is 9.86. The number of nitrogens with zero attached hydrogens (tertiary/aromatic N) is 1. The second-order valence-corrected chi connectivity index (χ2v) is 7.11. The second-order valence-electron chi connectivity index (χ2n) is 7.11. The van der Waals surface area contributed by atoms with E-state index in [1.807, 2.05) is 0 Å². The number of nitrogens with one attached hydrogen (secondary N) is 3. The first-order valence-corrected chi connectivity index (χ1v) is 9.83. The van der Waals surface area contributed by atoms with Gasteiger partial charge in [0.1, 0.15) is 11.5 Å². The maximum Gasteiger partial charge on any atom is 0.339 e. The van der Waals surface area contributed by atoms with Gasteiger partial charge in [0.05, 0.1) is 36.2 Å². The molecule has 0 aliphatic carbocycles. The number of Topliss-reactive ketones (excluding diaryl/α,β-unsaturated/α-hetero) is 1.